The lowest BCUT2D eigenvalue weighted by Gasteiger charge is -2.41. The molecule has 0 aromatic heterocycles. The third-order valence-corrected chi connectivity index (χ3v) is 10.9. The van der Waals surface area contributed by atoms with Crippen LogP contribution in [0.5, 0.6) is 0 Å². The fourth-order valence-corrected chi connectivity index (χ4v) is 8.28. The average molecular weight is 554 g/mol. The molecule has 0 aliphatic heterocycles. The van der Waals surface area contributed by atoms with Crippen LogP contribution in [0.1, 0.15) is 32.6 Å². The number of ether oxygens (including phenoxy) is 2. The zero-order valence-electron chi connectivity index (χ0n) is 12.1. The summed E-state index contributed by atoms with van der Waals surface area (Å²) in [5.74, 6) is -1.24. The van der Waals surface area contributed by atoms with Crippen molar-refractivity contribution in [1.82, 2.24) is 0 Å². The van der Waals surface area contributed by atoms with Crippen molar-refractivity contribution in [2.24, 2.45) is 5.92 Å². The van der Waals surface area contributed by atoms with E-state index >= 15 is 0 Å². The maximum absolute atomic E-state index is 13.1. The molecule has 2 aliphatic carbocycles. The van der Waals surface area contributed by atoms with Crippen LogP contribution in [0.15, 0.2) is 8.96 Å². The van der Waals surface area contributed by atoms with E-state index in [1.807, 2.05) is 0 Å². The van der Waals surface area contributed by atoms with Gasteiger partial charge in [0.25, 0.3) is 0 Å². The number of Topliss-reactive ketones (excluding diaryl/α,β-unsaturated/α-hetero) is 1. The molecule has 2 rings (SSSR count). The zero-order chi connectivity index (χ0) is 16.1. The number of unbranched alkanes of at least 4 members (excludes halogenated alkanes) is 2. The molecule has 0 aromatic carbocycles. The van der Waals surface area contributed by atoms with Gasteiger partial charge in [-0.25, -0.2) is 0 Å². The molecule has 2 bridgehead atoms. The Kier molecular flexibility index (Phi) is 5.56. The van der Waals surface area contributed by atoms with Crippen LogP contribution in [-0.4, -0.2) is 34.4 Å². The lowest BCUT2D eigenvalue weighted by molar-refractivity contribution is -0.212. The Balaban J connectivity index is 2.54. The highest BCUT2D eigenvalue weighted by atomic mass is 79.9. The summed E-state index contributed by atoms with van der Waals surface area (Å²) in [5, 5.41) is 0. The number of rotatable bonds is 6. The van der Waals surface area contributed by atoms with Crippen LogP contribution >= 0.6 is 63.7 Å². The van der Waals surface area contributed by atoms with Gasteiger partial charge in [0.15, 0.2) is 10.1 Å². The van der Waals surface area contributed by atoms with Gasteiger partial charge >= 0.3 is 0 Å². The second-order valence-corrected chi connectivity index (χ2v) is 9.46. The molecule has 3 nitrogen and oxygen atoms in total. The number of hydrogen-bond donors (Lipinski definition) is 0. The molecule has 0 radical (unpaired) electrons. The van der Waals surface area contributed by atoms with Crippen molar-refractivity contribution in [3.63, 3.8) is 0 Å². The van der Waals surface area contributed by atoms with E-state index in [1.165, 1.54) is 0 Å². The first-order valence-electron chi connectivity index (χ1n) is 6.88. The van der Waals surface area contributed by atoms with E-state index in [-0.39, 0.29) is 11.7 Å². The molecule has 0 amide bonds. The highest BCUT2D eigenvalue weighted by molar-refractivity contribution is 9.16. The number of halogens is 4. The number of carbonyl (C=O) groups excluding carboxylic acids is 1. The Morgan fingerprint density at radius 1 is 1.10 bits per heavy atom. The third-order valence-electron chi connectivity index (χ3n) is 4.55. The zero-order valence-corrected chi connectivity index (χ0v) is 18.5. The molecule has 120 valence electrons. The highest BCUT2D eigenvalue weighted by Crippen LogP contribution is 2.72. The number of alkyl halides is 2. The Bertz CT molecular complexity index is 489. The van der Waals surface area contributed by atoms with Gasteiger partial charge in [0, 0.05) is 29.1 Å². The molecule has 0 saturated heterocycles. The van der Waals surface area contributed by atoms with Gasteiger partial charge < -0.3 is 9.47 Å². The number of carbonyl (C=O) groups is 1. The largest absolute Gasteiger partial charge is 0.350 e. The number of fused-ring (bicyclic) bond motifs is 2. The fraction of sp³-hybridized carbons (Fsp3) is 0.786. The molecule has 0 aromatic rings. The van der Waals surface area contributed by atoms with Crippen LogP contribution in [0.4, 0.5) is 0 Å². The summed E-state index contributed by atoms with van der Waals surface area (Å²) in [7, 11) is 3.15. The molecule has 7 heteroatoms. The lowest BCUT2D eigenvalue weighted by Crippen LogP contribution is -2.57. The summed E-state index contributed by atoms with van der Waals surface area (Å²) in [6, 6.07) is 0. The summed E-state index contributed by atoms with van der Waals surface area (Å²) in [6.07, 6.45) is 4.04. The van der Waals surface area contributed by atoms with Crippen LogP contribution in [-0.2, 0) is 14.3 Å². The van der Waals surface area contributed by atoms with Crippen LogP contribution in [0, 0.1) is 5.92 Å². The topological polar surface area (TPSA) is 35.5 Å². The van der Waals surface area contributed by atoms with Crippen molar-refractivity contribution in [3.05, 3.63) is 8.96 Å². The van der Waals surface area contributed by atoms with E-state index in [9.17, 15) is 4.79 Å². The summed E-state index contributed by atoms with van der Waals surface area (Å²) in [6.45, 7) is 2.15. The molecule has 0 N–H and O–H groups in total. The summed E-state index contributed by atoms with van der Waals surface area (Å²) in [5.41, 5.74) is 0. The SMILES string of the molecule is CCCCCC1C(=O)C2(Br)C(Br)=C(Br)C1(Br)C2(OC)OC. The quantitative estimate of drug-likeness (QED) is 0.263. The second-order valence-electron chi connectivity index (χ2n) is 5.44. The minimum atomic E-state index is -1.12. The predicted octanol–water partition coefficient (Wildman–Crippen LogP) is 5.04. The number of methoxy groups -OCH3 is 2. The van der Waals surface area contributed by atoms with Gasteiger partial charge in [-0.3, -0.25) is 4.79 Å². The molecule has 1 saturated carbocycles. The van der Waals surface area contributed by atoms with Crippen LogP contribution in [0.3, 0.4) is 0 Å². The molecule has 1 fully saturated rings. The maximum Gasteiger partial charge on any atom is 0.216 e. The van der Waals surface area contributed by atoms with E-state index < -0.39 is 14.4 Å². The lowest BCUT2D eigenvalue weighted by atomic mass is 9.87. The molecule has 21 heavy (non-hydrogen) atoms. The molecular formula is C14H18Br4O3. The van der Waals surface area contributed by atoms with Gasteiger partial charge in [0.1, 0.15) is 4.32 Å². The Morgan fingerprint density at radius 3 is 2.10 bits per heavy atom. The molecule has 0 spiro atoms. The van der Waals surface area contributed by atoms with Crippen molar-refractivity contribution in [2.45, 2.75) is 47.0 Å². The Morgan fingerprint density at radius 2 is 1.67 bits per heavy atom. The van der Waals surface area contributed by atoms with E-state index in [1.54, 1.807) is 14.2 Å². The molecule has 3 atom stereocenters. The minimum absolute atomic E-state index is 0.0919. The fourth-order valence-electron chi connectivity index (χ4n) is 3.51. The van der Waals surface area contributed by atoms with Gasteiger partial charge in [-0.2, -0.15) is 0 Å². The summed E-state index contributed by atoms with van der Waals surface area (Å²) < 4.78 is 11.4. The summed E-state index contributed by atoms with van der Waals surface area (Å²) in [4.78, 5) is 13.1. The van der Waals surface area contributed by atoms with Crippen molar-refractivity contribution in [1.29, 1.82) is 0 Å². The van der Waals surface area contributed by atoms with Crippen molar-refractivity contribution in [3.8, 4) is 0 Å². The van der Waals surface area contributed by atoms with Gasteiger partial charge in [-0.05, 0) is 6.42 Å². The van der Waals surface area contributed by atoms with E-state index in [2.05, 4.69) is 70.6 Å². The smallest absolute Gasteiger partial charge is 0.216 e. The predicted molar refractivity (Wildman–Crippen MR) is 97.6 cm³/mol. The monoisotopic (exact) mass is 550 g/mol. The van der Waals surface area contributed by atoms with Crippen LogP contribution in [0.2, 0.25) is 0 Å². The molecule has 2 aliphatic rings. The van der Waals surface area contributed by atoms with Crippen molar-refractivity contribution >= 4 is 69.5 Å². The number of ketones is 1. The van der Waals surface area contributed by atoms with Gasteiger partial charge in [0.2, 0.25) is 5.79 Å². The van der Waals surface area contributed by atoms with E-state index in [0.29, 0.717) is 0 Å². The molecule has 0 heterocycles. The average Bonchev–Trinajstić information content (AvgIpc) is 2.70. The Hall–Kier alpha value is 1.25. The van der Waals surface area contributed by atoms with Gasteiger partial charge in [0.05, 0.1) is 0 Å². The molecular weight excluding hydrogens is 536 g/mol. The first-order chi connectivity index (χ1) is 9.79. The van der Waals surface area contributed by atoms with Crippen LogP contribution in [0.25, 0.3) is 0 Å². The van der Waals surface area contributed by atoms with E-state index in [0.717, 1.165) is 34.6 Å². The number of hydrogen-bond acceptors (Lipinski definition) is 3. The normalized spacial score (nSPS) is 37.7. The highest BCUT2D eigenvalue weighted by Gasteiger charge is 2.83. The van der Waals surface area contributed by atoms with Crippen LogP contribution < -0.4 is 0 Å². The van der Waals surface area contributed by atoms with Crippen molar-refractivity contribution in [2.75, 3.05) is 14.2 Å². The summed E-state index contributed by atoms with van der Waals surface area (Å²) >= 11 is 14.6. The first-order valence-corrected chi connectivity index (χ1v) is 10.0. The first kappa shape index (κ1) is 18.6. The van der Waals surface area contributed by atoms with E-state index in [4.69, 9.17) is 9.47 Å². The van der Waals surface area contributed by atoms with Gasteiger partial charge in [-0.1, -0.05) is 89.9 Å². The third kappa shape index (κ3) is 2.03. The molecule has 3 unspecified atom stereocenters. The standard InChI is InChI=1S/C14H18Br4O3/c1-4-5-6-7-8-11(19)13(18)10(16)9(15)12(8,17)14(13,20-2)21-3/h8H,4-7H2,1-3H3. The van der Waals surface area contributed by atoms with Crippen molar-refractivity contribution < 1.29 is 14.3 Å². The second kappa shape index (κ2) is 6.28. The minimum Gasteiger partial charge on any atom is -0.350 e. The van der Waals surface area contributed by atoms with Gasteiger partial charge in [-0.15, -0.1) is 0 Å². The maximum atomic E-state index is 13.1. The Labute approximate surface area is 159 Å².